The van der Waals surface area contributed by atoms with Crippen LogP contribution in [0.4, 0.5) is 10.5 Å². The number of benzene rings is 2. The summed E-state index contributed by atoms with van der Waals surface area (Å²) in [6.07, 6.45) is -0.534. The molecule has 0 spiro atoms. The van der Waals surface area contributed by atoms with E-state index in [1.807, 2.05) is 18.2 Å². The van der Waals surface area contributed by atoms with Crippen LogP contribution in [0.3, 0.4) is 0 Å². The maximum atomic E-state index is 11.5. The lowest BCUT2D eigenvalue weighted by atomic mass is 10.2. The van der Waals surface area contributed by atoms with Crippen LogP contribution in [0.1, 0.15) is 36.7 Å². The number of esters is 1. The SMILES string of the molecule is COC(=O)c1ccc(NC(=O)OC(C)(C)C)cc1.Cc1ccccc1. The lowest BCUT2D eigenvalue weighted by Crippen LogP contribution is -2.27. The second kappa shape index (κ2) is 9.47. The molecule has 5 heteroatoms. The second-order valence-electron chi connectivity index (χ2n) is 6.35. The van der Waals surface area contributed by atoms with Gasteiger partial charge in [0.05, 0.1) is 12.7 Å². The van der Waals surface area contributed by atoms with E-state index in [9.17, 15) is 9.59 Å². The Morgan fingerprint density at radius 1 is 0.920 bits per heavy atom. The Morgan fingerprint density at radius 2 is 1.48 bits per heavy atom. The molecule has 0 atom stereocenters. The molecule has 0 unspecified atom stereocenters. The standard InChI is InChI=1S/C13H17NO4.C7H8/c1-13(2,3)18-12(16)14-10-7-5-9(6-8-10)11(15)17-4;1-7-5-3-2-4-6-7/h5-8H,1-4H3,(H,14,16);2-6H,1H3. The summed E-state index contributed by atoms with van der Waals surface area (Å²) in [6.45, 7) is 7.44. The second-order valence-corrected chi connectivity index (χ2v) is 6.35. The molecule has 0 saturated heterocycles. The third-order valence-electron chi connectivity index (χ3n) is 2.89. The molecule has 0 aliphatic carbocycles. The monoisotopic (exact) mass is 343 g/mol. The number of nitrogens with one attached hydrogen (secondary N) is 1. The molecule has 0 radical (unpaired) electrons. The number of rotatable bonds is 2. The molecule has 0 aliphatic rings. The summed E-state index contributed by atoms with van der Waals surface area (Å²) in [5, 5.41) is 2.57. The van der Waals surface area contributed by atoms with Gasteiger partial charge in [-0.3, -0.25) is 5.32 Å². The molecule has 2 aromatic rings. The number of aryl methyl sites for hydroxylation is 1. The van der Waals surface area contributed by atoms with Gasteiger partial charge in [-0.2, -0.15) is 0 Å². The van der Waals surface area contributed by atoms with Crippen LogP contribution in [0, 0.1) is 6.92 Å². The van der Waals surface area contributed by atoms with Gasteiger partial charge in [-0.1, -0.05) is 35.9 Å². The minimum absolute atomic E-state index is 0.418. The summed E-state index contributed by atoms with van der Waals surface area (Å²) in [7, 11) is 1.31. The Kier molecular flexibility index (Phi) is 7.66. The molecule has 2 rings (SSSR count). The van der Waals surface area contributed by atoms with E-state index >= 15 is 0 Å². The van der Waals surface area contributed by atoms with Crippen molar-refractivity contribution >= 4 is 17.7 Å². The van der Waals surface area contributed by atoms with E-state index < -0.39 is 17.7 Å². The Morgan fingerprint density at radius 3 is 1.88 bits per heavy atom. The Hall–Kier alpha value is -2.82. The van der Waals surface area contributed by atoms with Crippen molar-refractivity contribution in [2.75, 3.05) is 12.4 Å². The molecule has 5 nitrogen and oxygen atoms in total. The Balaban J connectivity index is 0.000000370. The van der Waals surface area contributed by atoms with E-state index in [4.69, 9.17) is 4.74 Å². The van der Waals surface area contributed by atoms with E-state index in [1.165, 1.54) is 12.7 Å². The van der Waals surface area contributed by atoms with Crippen molar-refractivity contribution in [1.29, 1.82) is 0 Å². The predicted octanol–water partition coefficient (Wildman–Crippen LogP) is 4.82. The quantitative estimate of drug-likeness (QED) is 0.794. The van der Waals surface area contributed by atoms with Crippen LogP contribution in [-0.4, -0.2) is 24.8 Å². The van der Waals surface area contributed by atoms with Gasteiger partial charge >= 0.3 is 12.1 Å². The molecule has 25 heavy (non-hydrogen) atoms. The van der Waals surface area contributed by atoms with E-state index in [-0.39, 0.29) is 0 Å². The molecule has 0 aliphatic heterocycles. The van der Waals surface area contributed by atoms with Crippen LogP contribution >= 0.6 is 0 Å². The van der Waals surface area contributed by atoms with Crippen LogP contribution in [0.15, 0.2) is 54.6 Å². The number of hydrogen-bond acceptors (Lipinski definition) is 4. The zero-order valence-electron chi connectivity index (χ0n) is 15.3. The largest absolute Gasteiger partial charge is 0.465 e. The molecule has 0 bridgehead atoms. The molecule has 1 amide bonds. The van der Waals surface area contributed by atoms with E-state index in [0.717, 1.165) is 0 Å². The van der Waals surface area contributed by atoms with Gasteiger partial charge in [0.25, 0.3) is 0 Å². The first-order chi connectivity index (χ1) is 11.7. The minimum Gasteiger partial charge on any atom is -0.465 e. The van der Waals surface area contributed by atoms with Gasteiger partial charge in [-0.05, 0) is 52.0 Å². The third-order valence-corrected chi connectivity index (χ3v) is 2.89. The number of methoxy groups -OCH3 is 1. The maximum absolute atomic E-state index is 11.5. The highest BCUT2D eigenvalue weighted by Crippen LogP contribution is 2.13. The number of anilines is 1. The van der Waals surface area contributed by atoms with Crippen LogP contribution in [0.25, 0.3) is 0 Å². The van der Waals surface area contributed by atoms with Crippen molar-refractivity contribution in [1.82, 2.24) is 0 Å². The topological polar surface area (TPSA) is 64.6 Å². The molecule has 134 valence electrons. The van der Waals surface area contributed by atoms with Crippen molar-refractivity contribution in [2.45, 2.75) is 33.3 Å². The fourth-order valence-corrected chi connectivity index (χ4v) is 1.76. The molecule has 0 saturated carbocycles. The summed E-state index contributed by atoms with van der Waals surface area (Å²) in [6, 6.07) is 16.6. The van der Waals surface area contributed by atoms with Crippen LogP contribution < -0.4 is 5.32 Å². The summed E-state index contributed by atoms with van der Waals surface area (Å²) < 4.78 is 9.67. The fraction of sp³-hybridized carbons (Fsp3) is 0.300. The van der Waals surface area contributed by atoms with Gasteiger partial charge in [-0.25, -0.2) is 9.59 Å². The van der Waals surface area contributed by atoms with Crippen molar-refractivity contribution in [2.24, 2.45) is 0 Å². The molecular formula is C20H25NO4. The highest BCUT2D eigenvalue weighted by atomic mass is 16.6. The highest BCUT2D eigenvalue weighted by Gasteiger charge is 2.16. The van der Waals surface area contributed by atoms with E-state index in [1.54, 1.807) is 45.0 Å². The van der Waals surface area contributed by atoms with Crippen molar-refractivity contribution in [3.63, 3.8) is 0 Å². The zero-order valence-corrected chi connectivity index (χ0v) is 15.3. The van der Waals surface area contributed by atoms with E-state index in [0.29, 0.717) is 11.3 Å². The highest BCUT2D eigenvalue weighted by molar-refractivity contribution is 5.91. The first kappa shape index (κ1) is 20.2. The molecule has 2 aromatic carbocycles. The van der Waals surface area contributed by atoms with Crippen LogP contribution in [0.5, 0.6) is 0 Å². The number of amides is 1. The Bertz CT molecular complexity index is 673. The lowest BCUT2D eigenvalue weighted by molar-refractivity contribution is 0.0599. The van der Waals surface area contributed by atoms with E-state index in [2.05, 4.69) is 29.1 Å². The van der Waals surface area contributed by atoms with Crippen molar-refractivity contribution in [3.05, 3.63) is 65.7 Å². The molecule has 1 N–H and O–H groups in total. The smallest absolute Gasteiger partial charge is 0.412 e. The fourth-order valence-electron chi connectivity index (χ4n) is 1.76. The molecule has 0 fully saturated rings. The zero-order chi connectivity index (χ0) is 18.9. The number of carbonyl (C=O) groups excluding carboxylic acids is 2. The number of carbonyl (C=O) groups is 2. The number of ether oxygens (including phenoxy) is 2. The summed E-state index contributed by atoms with van der Waals surface area (Å²) in [4.78, 5) is 22.7. The van der Waals surface area contributed by atoms with Gasteiger partial charge in [0.1, 0.15) is 5.60 Å². The normalized spacial score (nSPS) is 10.1. The summed E-state index contributed by atoms with van der Waals surface area (Å²) in [5.74, 6) is -0.418. The molecule has 0 aromatic heterocycles. The summed E-state index contributed by atoms with van der Waals surface area (Å²) in [5.41, 5.74) is 1.75. The minimum atomic E-state index is -0.546. The first-order valence-corrected chi connectivity index (χ1v) is 7.91. The molecule has 0 heterocycles. The van der Waals surface area contributed by atoms with Crippen molar-refractivity contribution in [3.8, 4) is 0 Å². The predicted molar refractivity (Wildman–Crippen MR) is 98.8 cm³/mol. The average Bonchev–Trinajstić information content (AvgIpc) is 2.54. The van der Waals surface area contributed by atoms with Crippen LogP contribution in [-0.2, 0) is 9.47 Å². The maximum Gasteiger partial charge on any atom is 0.412 e. The number of hydrogen-bond donors (Lipinski definition) is 1. The summed E-state index contributed by atoms with van der Waals surface area (Å²) >= 11 is 0. The van der Waals surface area contributed by atoms with Gasteiger partial charge < -0.3 is 9.47 Å². The van der Waals surface area contributed by atoms with Crippen molar-refractivity contribution < 1.29 is 19.1 Å². The van der Waals surface area contributed by atoms with Crippen LogP contribution in [0.2, 0.25) is 0 Å². The van der Waals surface area contributed by atoms with Gasteiger partial charge in [0, 0.05) is 5.69 Å². The average molecular weight is 343 g/mol. The Labute approximate surface area is 149 Å². The van der Waals surface area contributed by atoms with Gasteiger partial charge in [-0.15, -0.1) is 0 Å². The van der Waals surface area contributed by atoms with Gasteiger partial charge in [0.15, 0.2) is 0 Å². The molecular weight excluding hydrogens is 318 g/mol. The third kappa shape index (κ3) is 8.55. The van der Waals surface area contributed by atoms with Gasteiger partial charge in [0.2, 0.25) is 0 Å². The first-order valence-electron chi connectivity index (χ1n) is 7.91. The lowest BCUT2D eigenvalue weighted by Gasteiger charge is -2.19.